The van der Waals surface area contributed by atoms with Crippen LogP contribution in [0.2, 0.25) is 0 Å². The molecule has 1 aromatic heterocycles. The van der Waals surface area contributed by atoms with Crippen molar-refractivity contribution in [3.63, 3.8) is 0 Å². The van der Waals surface area contributed by atoms with Crippen molar-refractivity contribution in [2.24, 2.45) is 5.92 Å². The summed E-state index contributed by atoms with van der Waals surface area (Å²) in [7, 11) is 0. The van der Waals surface area contributed by atoms with Crippen molar-refractivity contribution >= 4 is 23.0 Å². The Morgan fingerprint density at radius 2 is 2.41 bits per heavy atom. The number of Topliss-reactive ketones (excluding diaryl/α,β-unsaturated/α-hetero) is 1. The van der Waals surface area contributed by atoms with Gasteiger partial charge in [0.2, 0.25) is 5.91 Å². The Morgan fingerprint density at radius 1 is 1.59 bits per heavy atom. The van der Waals surface area contributed by atoms with Gasteiger partial charge in [-0.3, -0.25) is 9.59 Å². The highest BCUT2D eigenvalue weighted by Crippen LogP contribution is 2.19. The number of hydrogen-bond donors (Lipinski definition) is 1. The summed E-state index contributed by atoms with van der Waals surface area (Å²) < 4.78 is 5.33. The molecule has 2 atom stereocenters. The summed E-state index contributed by atoms with van der Waals surface area (Å²) in [4.78, 5) is 24.1. The third-order valence-electron chi connectivity index (χ3n) is 2.87. The van der Waals surface area contributed by atoms with E-state index in [1.807, 2.05) is 18.4 Å². The van der Waals surface area contributed by atoms with Crippen molar-refractivity contribution in [2.45, 2.75) is 19.4 Å². The monoisotopic (exact) mass is 253 g/mol. The first-order valence-corrected chi connectivity index (χ1v) is 6.52. The average Bonchev–Trinajstić information content (AvgIpc) is 2.95. The lowest BCUT2D eigenvalue weighted by Gasteiger charge is -2.13. The Balaban J connectivity index is 1.82. The van der Waals surface area contributed by atoms with Crippen LogP contribution in [-0.2, 0) is 9.53 Å². The largest absolute Gasteiger partial charge is 0.368 e. The molecule has 0 saturated carbocycles. The van der Waals surface area contributed by atoms with Crippen LogP contribution in [0.1, 0.15) is 23.0 Å². The molecular weight excluding hydrogens is 238 g/mol. The Bertz CT molecular complexity index is 402. The first-order chi connectivity index (χ1) is 8.18. The summed E-state index contributed by atoms with van der Waals surface area (Å²) in [6.07, 6.45) is 0.503. The smallest absolute Gasteiger partial charge is 0.249 e. The minimum atomic E-state index is -0.397. The lowest BCUT2D eigenvalue weighted by molar-refractivity contribution is -0.131. The minimum absolute atomic E-state index is 0.0475. The van der Waals surface area contributed by atoms with E-state index in [0.717, 1.165) is 6.42 Å². The van der Waals surface area contributed by atoms with E-state index in [1.165, 1.54) is 11.3 Å². The molecule has 4 nitrogen and oxygen atoms in total. The fourth-order valence-corrected chi connectivity index (χ4v) is 2.49. The quantitative estimate of drug-likeness (QED) is 0.827. The van der Waals surface area contributed by atoms with Crippen molar-refractivity contribution in [1.29, 1.82) is 0 Å². The first-order valence-electron chi connectivity index (χ1n) is 5.64. The maximum atomic E-state index is 11.7. The molecule has 1 fully saturated rings. The van der Waals surface area contributed by atoms with Crippen LogP contribution in [0.5, 0.6) is 0 Å². The third-order valence-corrected chi connectivity index (χ3v) is 3.78. The van der Waals surface area contributed by atoms with Crippen LogP contribution in [0.4, 0.5) is 0 Å². The van der Waals surface area contributed by atoms with Crippen LogP contribution in [0.3, 0.4) is 0 Å². The lowest BCUT2D eigenvalue weighted by Crippen LogP contribution is -2.39. The van der Waals surface area contributed by atoms with Gasteiger partial charge in [0.05, 0.1) is 11.4 Å². The molecule has 0 aliphatic carbocycles. The number of thiophene rings is 1. The third kappa shape index (κ3) is 2.92. The Hall–Kier alpha value is -1.20. The molecule has 17 heavy (non-hydrogen) atoms. The topological polar surface area (TPSA) is 55.4 Å². The molecule has 5 heteroatoms. The molecule has 92 valence electrons. The summed E-state index contributed by atoms with van der Waals surface area (Å²) >= 11 is 1.38. The van der Waals surface area contributed by atoms with E-state index in [-0.39, 0.29) is 24.2 Å². The van der Waals surface area contributed by atoms with Crippen LogP contribution < -0.4 is 5.32 Å². The molecule has 0 spiro atoms. The Morgan fingerprint density at radius 3 is 3.00 bits per heavy atom. The number of ketones is 1. The van der Waals surface area contributed by atoms with Crippen molar-refractivity contribution in [3.05, 3.63) is 22.4 Å². The van der Waals surface area contributed by atoms with Crippen LogP contribution >= 0.6 is 11.3 Å². The summed E-state index contributed by atoms with van der Waals surface area (Å²) in [5.41, 5.74) is 0. The maximum absolute atomic E-state index is 11.7. The second-order valence-electron chi connectivity index (χ2n) is 4.18. The van der Waals surface area contributed by atoms with E-state index in [2.05, 4.69) is 5.32 Å². The highest BCUT2D eigenvalue weighted by molar-refractivity contribution is 7.12. The highest BCUT2D eigenvalue weighted by atomic mass is 32.1. The van der Waals surface area contributed by atoms with E-state index in [1.54, 1.807) is 6.07 Å². The second kappa shape index (κ2) is 5.42. The van der Waals surface area contributed by atoms with E-state index in [0.29, 0.717) is 11.5 Å². The fourth-order valence-electron chi connectivity index (χ4n) is 1.82. The van der Waals surface area contributed by atoms with E-state index in [9.17, 15) is 9.59 Å². The zero-order chi connectivity index (χ0) is 12.3. The number of ether oxygens (including phenoxy) is 1. The van der Waals surface area contributed by atoms with Crippen molar-refractivity contribution in [1.82, 2.24) is 5.32 Å². The predicted molar refractivity (Wildman–Crippen MR) is 65.2 cm³/mol. The second-order valence-corrected chi connectivity index (χ2v) is 5.12. The predicted octanol–water partition coefficient (Wildman–Crippen LogP) is 1.47. The molecule has 2 unspecified atom stereocenters. The average molecular weight is 253 g/mol. The van der Waals surface area contributed by atoms with Gasteiger partial charge in [0.15, 0.2) is 5.78 Å². The molecule has 0 bridgehead atoms. The van der Waals surface area contributed by atoms with Gasteiger partial charge in [-0.05, 0) is 23.8 Å². The number of hydrogen-bond acceptors (Lipinski definition) is 4. The van der Waals surface area contributed by atoms with E-state index in [4.69, 9.17) is 4.74 Å². The van der Waals surface area contributed by atoms with E-state index >= 15 is 0 Å². The van der Waals surface area contributed by atoms with Gasteiger partial charge in [-0.15, -0.1) is 11.3 Å². The molecule has 0 radical (unpaired) electrons. The van der Waals surface area contributed by atoms with Gasteiger partial charge in [0.1, 0.15) is 6.10 Å². The molecule has 0 aromatic carbocycles. The number of nitrogens with one attached hydrogen (secondary N) is 1. The summed E-state index contributed by atoms with van der Waals surface area (Å²) in [5.74, 6) is -0.00857. The van der Waals surface area contributed by atoms with Crippen LogP contribution in [0.25, 0.3) is 0 Å². The molecule has 1 aromatic rings. The Labute approximate surface area is 104 Å². The van der Waals surface area contributed by atoms with E-state index < -0.39 is 6.10 Å². The van der Waals surface area contributed by atoms with Gasteiger partial charge in [0.25, 0.3) is 0 Å². The van der Waals surface area contributed by atoms with Gasteiger partial charge in [-0.2, -0.15) is 0 Å². The standard InChI is InChI=1S/C12H15NO3S/c1-8-4-5-16-11(8)12(15)13-7-9(14)10-3-2-6-17-10/h2-3,6,8,11H,4-5,7H2,1H3,(H,13,15). The number of rotatable bonds is 4. The maximum Gasteiger partial charge on any atom is 0.249 e. The number of carbonyl (C=O) groups is 2. The molecule has 2 heterocycles. The van der Waals surface area contributed by atoms with Crippen LogP contribution in [-0.4, -0.2) is 30.9 Å². The fraction of sp³-hybridized carbons (Fsp3) is 0.500. The van der Waals surface area contributed by atoms with Gasteiger partial charge >= 0.3 is 0 Å². The summed E-state index contributed by atoms with van der Waals surface area (Å²) in [5, 5.41) is 4.48. The SMILES string of the molecule is CC1CCOC1C(=O)NCC(=O)c1cccs1. The van der Waals surface area contributed by atoms with Gasteiger partial charge in [-0.1, -0.05) is 13.0 Å². The molecular formula is C12H15NO3S. The zero-order valence-corrected chi connectivity index (χ0v) is 10.5. The molecule has 2 rings (SSSR count). The van der Waals surface area contributed by atoms with Gasteiger partial charge < -0.3 is 10.1 Å². The van der Waals surface area contributed by atoms with Crippen LogP contribution in [0, 0.1) is 5.92 Å². The van der Waals surface area contributed by atoms with Crippen molar-refractivity contribution < 1.29 is 14.3 Å². The molecule has 1 aliphatic rings. The summed E-state index contributed by atoms with van der Waals surface area (Å²) in [6.45, 7) is 2.66. The molecule has 1 amide bonds. The lowest BCUT2D eigenvalue weighted by atomic mass is 10.0. The number of amides is 1. The summed E-state index contributed by atoms with van der Waals surface area (Å²) in [6, 6.07) is 3.58. The highest BCUT2D eigenvalue weighted by Gasteiger charge is 2.30. The Kier molecular flexibility index (Phi) is 3.91. The molecule has 1 N–H and O–H groups in total. The van der Waals surface area contributed by atoms with Crippen LogP contribution in [0.15, 0.2) is 17.5 Å². The van der Waals surface area contributed by atoms with Crippen molar-refractivity contribution in [2.75, 3.05) is 13.2 Å². The molecule has 1 saturated heterocycles. The van der Waals surface area contributed by atoms with Crippen molar-refractivity contribution in [3.8, 4) is 0 Å². The van der Waals surface area contributed by atoms with Gasteiger partial charge in [0, 0.05) is 6.61 Å². The zero-order valence-electron chi connectivity index (χ0n) is 9.64. The number of carbonyl (C=O) groups excluding carboxylic acids is 2. The first kappa shape index (κ1) is 12.3. The minimum Gasteiger partial charge on any atom is -0.368 e. The van der Waals surface area contributed by atoms with Gasteiger partial charge in [-0.25, -0.2) is 0 Å². The normalized spacial score (nSPS) is 23.6. The molecule has 1 aliphatic heterocycles.